The molecule has 1 saturated heterocycles. The Balaban J connectivity index is 2.15. The molecule has 1 N–H and O–H groups in total. The molecule has 1 aromatic carbocycles. The zero-order valence-corrected chi connectivity index (χ0v) is 13.3. The lowest BCUT2D eigenvalue weighted by Gasteiger charge is -2.23. The minimum absolute atomic E-state index is 0.0743. The van der Waals surface area contributed by atoms with Crippen molar-refractivity contribution in [1.82, 2.24) is 4.90 Å². The lowest BCUT2D eigenvalue weighted by molar-refractivity contribution is -0.140. The van der Waals surface area contributed by atoms with Gasteiger partial charge in [0, 0.05) is 23.7 Å². The second-order valence-corrected chi connectivity index (χ2v) is 8.16. The fraction of sp³-hybridized carbons (Fsp3) is 0.500. The van der Waals surface area contributed by atoms with Crippen LogP contribution in [0.5, 0.6) is 0 Å². The van der Waals surface area contributed by atoms with E-state index < -0.39 is 27.1 Å². The first kappa shape index (κ1) is 16.3. The van der Waals surface area contributed by atoms with E-state index in [4.69, 9.17) is 11.6 Å². The number of halogens is 1. The van der Waals surface area contributed by atoms with E-state index in [0.717, 1.165) is 0 Å². The van der Waals surface area contributed by atoms with E-state index in [-0.39, 0.29) is 12.3 Å². The lowest BCUT2D eigenvalue weighted by atomic mass is 10.1. The number of sulfone groups is 1. The molecule has 0 unspecified atom stereocenters. The van der Waals surface area contributed by atoms with Crippen molar-refractivity contribution in [1.29, 1.82) is 0 Å². The van der Waals surface area contributed by atoms with Crippen LogP contribution in [-0.2, 0) is 14.6 Å². The first-order valence-electron chi connectivity index (χ1n) is 6.76. The summed E-state index contributed by atoms with van der Waals surface area (Å²) >= 11 is 5.98. The number of amides is 1. The third-order valence-corrected chi connectivity index (χ3v) is 6.37. The molecule has 0 saturated carbocycles. The van der Waals surface area contributed by atoms with Crippen LogP contribution in [-0.4, -0.2) is 48.4 Å². The molecule has 7 heteroatoms. The van der Waals surface area contributed by atoms with Gasteiger partial charge < -0.3 is 10.0 Å². The molecule has 2 atom stereocenters. The van der Waals surface area contributed by atoms with E-state index >= 15 is 0 Å². The molecule has 21 heavy (non-hydrogen) atoms. The molecule has 1 amide bonds. The Labute approximate surface area is 129 Å². The molecule has 2 rings (SSSR count). The van der Waals surface area contributed by atoms with E-state index in [2.05, 4.69) is 0 Å². The van der Waals surface area contributed by atoms with E-state index in [9.17, 15) is 18.3 Å². The zero-order chi connectivity index (χ0) is 15.6. The highest BCUT2D eigenvalue weighted by Gasteiger charge is 2.31. The molecule has 0 aliphatic carbocycles. The third kappa shape index (κ3) is 3.56. The Morgan fingerprint density at radius 3 is 2.71 bits per heavy atom. The molecule has 0 radical (unpaired) electrons. The summed E-state index contributed by atoms with van der Waals surface area (Å²) in [4.78, 5) is 13.7. The van der Waals surface area contributed by atoms with Gasteiger partial charge in [-0.25, -0.2) is 8.42 Å². The Hall–Kier alpha value is -1.11. The van der Waals surface area contributed by atoms with Crippen molar-refractivity contribution in [3.05, 3.63) is 34.9 Å². The summed E-state index contributed by atoms with van der Waals surface area (Å²) in [5.41, 5.74) is 0.337. The van der Waals surface area contributed by atoms with Crippen molar-refractivity contribution in [3.63, 3.8) is 0 Å². The SMILES string of the molecule is C[C@@H]1CCN(C(=O)[C@H](O)c2ccccc2Cl)CCS1(=O)=O. The van der Waals surface area contributed by atoms with E-state index in [0.29, 0.717) is 23.6 Å². The van der Waals surface area contributed by atoms with Crippen molar-refractivity contribution in [2.75, 3.05) is 18.8 Å². The minimum atomic E-state index is -3.16. The second kappa shape index (κ2) is 6.34. The van der Waals surface area contributed by atoms with Gasteiger partial charge in [-0.1, -0.05) is 29.8 Å². The topological polar surface area (TPSA) is 74.7 Å². The van der Waals surface area contributed by atoms with Crippen LogP contribution in [0.3, 0.4) is 0 Å². The fourth-order valence-corrected chi connectivity index (χ4v) is 3.87. The highest BCUT2D eigenvalue weighted by Crippen LogP contribution is 2.25. The molecule has 0 spiro atoms. The van der Waals surface area contributed by atoms with E-state index in [1.54, 1.807) is 31.2 Å². The number of benzene rings is 1. The Morgan fingerprint density at radius 2 is 2.05 bits per heavy atom. The highest BCUT2D eigenvalue weighted by atomic mass is 35.5. The van der Waals surface area contributed by atoms with Crippen LogP contribution < -0.4 is 0 Å². The zero-order valence-electron chi connectivity index (χ0n) is 11.7. The van der Waals surface area contributed by atoms with Crippen LogP contribution in [0.15, 0.2) is 24.3 Å². The molecule has 1 aromatic rings. The smallest absolute Gasteiger partial charge is 0.256 e. The van der Waals surface area contributed by atoms with Crippen molar-refractivity contribution < 1.29 is 18.3 Å². The van der Waals surface area contributed by atoms with Crippen LogP contribution in [0.1, 0.15) is 25.0 Å². The first-order chi connectivity index (χ1) is 9.83. The molecule has 1 aliphatic rings. The van der Waals surface area contributed by atoms with Crippen LogP contribution in [0.4, 0.5) is 0 Å². The van der Waals surface area contributed by atoms with Crippen LogP contribution in [0.2, 0.25) is 5.02 Å². The maximum absolute atomic E-state index is 12.3. The fourth-order valence-electron chi connectivity index (χ4n) is 2.29. The molecule has 5 nitrogen and oxygen atoms in total. The first-order valence-corrected chi connectivity index (χ1v) is 8.85. The van der Waals surface area contributed by atoms with Gasteiger partial charge in [-0.05, 0) is 19.4 Å². The van der Waals surface area contributed by atoms with Crippen molar-refractivity contribution >= 4 is 27.3 Å². The number of carbonyl (C=O) groups excluding carboxylic acids is 1. The number of carbonyl (C=O) groups is 1. The van der Waals surface area contributed by atoms with Crippen molar-refractivity contribution in [3.8, 4) is 0 Å². The summed E-state index contributed by atoms with van der Waals surface area (Å²) in [6.45, 7) is 2.07. The Bertz CT molecular complexity index is 632. The molecule has 1 heterocycles. The van der Waals surface area contributed by atoms with Gasteiger partial charge in [-0.15, -0.1) is 0 Å². The molecule has 1 aliphatic heterocycles. The van der Waals surface area contributed by atoms with E-state index in [1.165, 1.54) is 4.90 Å². The summed E-state index contributed by atoms with van der Waals surface area (Å²) in [6.07, 6.45) is -0.988. The van der Waals surface area contributed by atoms with Gasteiger partial charge in [0.15, 0.2) is 15.9 Å². The summed E-state index contributed by atoms with van der Waals surface area (Å²) < 4.78 is 23.7. The predicted molar refractivity (Wildman–Crippen MR) is 80.9 cm³/mol. The third-order valence-electron chi connectivity index (χ3n) is 3.81. The quantitative estimate of drug-likeness (QED) is 0.889. The standard InChI is InChI=1S/C14H18ClNO4S/c1-10-6-7-16(8-9-21(10,19)20)14(18)13(17)11-4-2-3-5-12(11)15/h2-5,10,13,17H,6-9H2,1H3/t10-,13-/m1/s1. The number of hydrogen-bond donors (Lipinski definition) is 1. The van der Waals surface area contributed by atoms with Gasteiger partial charge in [0.25, 0.3) is 5.91 Å². The van der Waals surface area contributed by atoms with Gasteiger partial charge in [0.05, 0.1) is 11.0 Å². The second-order valence-electron chi connectivity index (χ2n) is 5.22. The monoisotopic (exact) mass is 331 g/mol. The van der Waals surface area contributed by atoms with Crippen LogP contribution >= 0.6 is 11.6 Å². The Kier molecular flexibility index (Phi) is 4.91. The average Bonchev–Trinajstić information content (AvgIpc) is 2.58. The summed E-state index contributed by atoms with van der Waals surface area (Å²) in [5.74, 6) is -0.581. The largest absolute Gasteiger partial charge is 0.378 e. The number of hydrogen-bond acceptors (Lipinski definition) is 4. The minimum Gasteiger partial charge on any atom is -0.378 e. The van der Waals surface area contributed by atoms with Crippen LogP contribution in [0, 0.1) is 0 Å². The molecular weight excluding hydrogens is 314 g/mol. The normalized spacial score (nSPS) is 23.4. The van der Waals surface area contributed by atoms with Gasteiger partial charge in [-0.3, -0.25) is 4.79 Å². The maximum Gasteiger partial charge on any atom is 0.256 e. The number of nitrogens with zero attached hydrogens (tertiary/aromatic N) is 1. The average molecular weight is 332 g/mol. The molecular formula is C14H18ClNO4S. The highest BCUT2D eigenvalue weighted by molar-refractivity contribution is 7.92. The summed E-state index contributed by atoms with van der Waals surface area (Å²) in [5, 5.41) is 10.0. The van der Waals surface area contributed by atoms with Crippen molar-refractivity contribution in [2.24, 2.45) is 0 Å². The lowest BCUT2D eigenvalue weighted by Crippen LogP contribution is -2.37. The summed E-state index contributed by atoms with van der Waals surface area (Å²) in [7, 11) is -3.16. The van der Waals surface area contributed by atoms with Gasteiger partial charge in [0.2, 0.25) is 0 Å². The van der Waals surface area contributed by atoms with Crippen molar-refractivity contribution in [2.45, 2.75) is 24.7 Å². The van der Waals surface area contributed by atoms with E-state index in [1.807, 2.05) is 0 Å². The van der Waals surface area contributed by atoms with Gasteiger partial charge in [-0.2, -0.15) is 0 Å². The van der Waals surface area contributed by atoms with Gasteiger partial charge >= 0.3 is 0 Å². The summed E-state index contributed by atoms with van der Waals surface area (Å²) in [6, 6.07) is 6.58. The molecule has 0 bridgehead atoms. The van der Waals surface area contributed by atoms with Gasteiger partial charge in [0.1, 0.15) is 0 Å². The number of aliphatic hydroxyl groups is 1. The van der Waals surface area contributed by atoms with Crippen LogP contribution in [0.25, 0.3) is 0 Å². The molecule has 1 fully saturated rings. The maximum atomic E-state index is 12.3. The predicted octanol–water partition coefficient (Wildman–Crippen LogP) is 1.41. The molecule has 116 valence electrons. The Morgan fingerprint density at radius 1 is 1.38 bits per heavy atom. The number of rotatable bonds is 2. The number of aliphatic hydroxyl groups excluding tert-OH is 1. The molecule has 0 aromatic heterocycles.